The zero-order valence-electron chi connectivity index (χ0n) is 11.8. The summed E-state index contributed by atoms with van der Waals surface area (Å²) in [6.45, 7) is 0. The third-order valence-corrected chi connectivity index (χ3v) is 6.25. The van der Waals surface area contributed by atoms with E-state index in [4.69, 9.17) is 11.6 Å². The van der Waals surface area contributed by atoms with Gasteiger partial charge in [0.1, 0.15) is 5.54 Å². The van der Waals surface area contributed by atoms with Gasteiger partial charge in [-0.15, -0.1) is 0 Å². The molecule has 1 aliphatic rings. The lowest BCUT2D eigenvalue weighted by molar-refractivity contribution is -0.147. The Morgan fingerprint density at radius 2 is 1.81 bits per heavy atom. The molecule has 0 atom stereocenters. The van der Waals surface area contributed by atoms with Crippen LogP contribution in [0, 0.1) is 0 Å². The molecule has 0 bridgehead atoms. The molecule has 1 N–H and O–H groups in total. The molecule has 1 aromatic carbocycles. The molecular weight excluding hydrogens is 314 g/mol. The van der Waals surface area contributed by atoms with Crippen molar-refractivity contribution in [3.63, 3.8) is 0 Å². The summed E-state index contributed by atoms with van der Waals surface area (Å²) in [6.07, 6.45) is 2.18. The lowest BCUT2D eigenvalue weighted by Crippen LogP contribution is -2.53. The largest absolute Gasteiger partial charge is 0.480 e. The minimum atomic E-state index is -3.70. The Morgan fingerprint density at radius 3 is 2.29 bits per heavy atom. The van der Waals surface area contributed by atoms with E-state index in [1.165, 1.54) is 7.05 Å². The first-order valence-electron chi connectivity index (χ1n) is 6.72. The van der Waals surface area contributed by atoms with Crippen molar-refractivity contribution < 1.29 is 18.3 Å². The van der Waals surface area contributed by atoms with Crippen molar-refractivity contribution in [1.29, 1.82) is 0 Å². The maximum atomic E-state index is 12.5. The van der Waals surface area contributed by atoms with Gasteiger partial charge in [-0.2, -0.15) is 4.31 Å². The first-order chi connectivity index (χ1) is 9.78. The lowest BCUT2D eigenvalue weighted by atomic mass is 9.98. The van der Waals surface area contributed by atoms with Crippen LogP contribution in [0.25, 0.3) is 0 Å². The summed E-state index contributed by atoms with van der Waals surface area (Å²) in [6, 6.07) is 6.51. The number of aliphatic carboxylic acids is 1. The van der Waals surface area contributed by atoms with Crippen molar-refractivity contribution in [2.75, 3.05) is 7.05 Å². The van der Waals surface area contributed by atoms with Gasteiger partial charge < -0.3 is 5.11 Å². The summed E-state index contributed by atoms with van der Waals surface area (Å²) >= 11 is 5.78. The van der Waals surface area contributed by atoms with E-state index in [0.717, 1.165) is 17.1 Å². The molecule has 0 heterocycles. The average Bonchev–Trinajstić information content (AvgIpc) is 2.91. The normalized spacial score (nSPS) is 18.0. The first kappa shape index (κ1) is 16.3. The fraction of sp³-hybridized carbons (Fsp3) is 0.500. The Labute approximate surface area is 129 Å². The summed E-state index contributed by atoms with van der Waals surface area (Å²) < 4.78 is 26.1. The van der Waals surface area contributed by atoms with Crippen LogP contribution < -0.4 is 0 Å². The molecule has 0 radical (unpaired) electrons. The standard InChI is InChI=1S/C14H18ClNO4S/c1-16(14(13(17)18)8-2-3-9-14)21(19,20)10-11-4-6-12(15)7-5-11/h4-7H,2-3,8-10H2,1H3,(H,17,18). The first-order valence-corrected chi connectivity index (χ1v) is 8.71. The van der Waals surface area contributed by atoms with Gasteiger partial charge in [0.15, 0.2) is 0 Å². The number of rotatable bonds is 5. The van der Waals surface area contributed by atoms with Crippen LogP contribution in [0.3, 0.4) is 0 Å². The molecule has 1 aliphatic carbocycles. The van der Waals surface area contributed by atoms with Crippen molar-refractivity contribution in [3.05, 3.63) is 34.9 Å². The maximum absolute atomic E-state index is 12.5. The highest BCUT2D eigenvalue weighted by atomic mass is 35.5. The molecule has 1 saturated carbocycles. The number of carboxylic acids is 1. The number of likely N-dealkylation sites (N-methyl/N-ethyl adjacent to an activating group) is 1. The molecule has 0 aliphatic heterocycles. The Bertz CT molecular complexity index is 621. The molecule has 1 fully saturated rings. The number of carbonyl (C=O) groups is 1. The van der Waals surface area contributed by atoms with Crippen molar-refractivity contribution >= 4 is 27.6 Å². The van der Waals surface area contributed by atoms with Gasteiger partial charge in [0, 0.05) is 12.1 Å². The lowest BCUT2D eigenvalue weighted by Gasteiger charge is -2.33. The maximum Gasteiger partial charge on any atom is 0.325 e. The van der Waals surface area contributed by atoms with Gasteiger partial charge in [0.2, 0.25) is 10.0 Å². The predicted molar refractivity (Wildman–Crippen MR) is 80.7 cm³/mol. The molecule has 1 aromatic rings. The van der Waals surface area contributed by atoms with Crippen LogP contribution in [0.1, 0.15) is 31.2 Å². The Kier molecular flexibility index (Phi) is 4.60. The molecule has 0 saturated heterocycles. The number of sulfonamides is 1. The van der Waals surface area contributed by atoms with Crippen LogP contribution in [0.5, 0.6) is 0 Å². The van der Waals surface area contributed by atoms with Crippen LogP contribution in [0.2, 0.25) is 5.02 Å². The topological polar surface area (TPSA) is 74.7 Å². The highest BCUT2D eigenvalue weighted by Gasteiger charge is 2.49. The molecule has 0 unspecified atom stereocenters. The molecule has 0 spiro atoms. The predicted octanol–water partition coefficient (Wildman–Crippen LogP) is 2.50. The van der Waals surface area contributed by atoms with Crippen LogP contribution in [0.15, 0.2) is 24.3 Å². The van der Waals surface area contributed by atoms with Crippen LogP contribution >= 0.6 is 11.6 Å². The number of hydrogen-bond acceptors (Lipinski definition) is 3. The second kappa shape index (κ2) is 5.94. The third-order valence-electron chi connectivity index (χ3n) is 4.11. The van der Waals surface area contributed by atoms with E-state index < -0.39 is 21.5 Å². The zero-order valence-corrected chi connectivity index (χ0v) is 13.3. The van der Waals surface area contributed by atoms with Gasteiger partial charge in [-0.1, -0.05) is 36.6 Å². The van der Waals surface area contributed by atoms with Crippen molar-refractivity contribution in [2.45, 2.75) is 37.0 Å². The number of hydrogen-bond donors (Lipinski definition) is 1. The molecule has 116 valence electrons. The third kappa shape index (κ3) is 3.22. The summed E-state index contributed by atoms with van der Waals surface area (Å²) in [5.74, 6) is -1.29. The number of benzene rings is 1. The minimum Gasteiger partial charge on any atom is -0.480 e. The summed E-state index contributed by atoms with van der Waals surface area (Å²) in [7, 11) is -2.34. The van der Waals surface area contributed by atoms with E-state index >= 15 is 0 Å². The second-order valence-corrected chi connectivity index (χ2v) is 7.83. The molecule has 0 aromatic heterocycles. The number of halogens is 1. The molecule has 2 rings (SSSR count). The van der Waals surface area contributed by atoms with Gasteiger partial charge in [0.05, 0.1) is 5.75 Å². The summed E-state index contributed by atoms with van der Waals surface area (Å²) in [5.41, 5.74) is -0.713. The molecule has 7 heteroatoms. The quantitative estimate of drug-likeness (QED) is 0.899. The van der Waals surface area contributed by atoms with Crippen LogP contribution in [-0.2, 0) is 20.6 Å². The van der Waals surface area contributed by atoms with E-state index in [2.05, 4.69) is 0 Å². The van der Waals surface area contributed by atoms with E-state index in [-0.39, 0.29) is 5.75 Å². The fourth-order valence-electron chi connectivity index (χ4n) is 2.78. The van der Waals surface area contributed by atoms with Gasteiger partial charge in [0.25, 0.3) is 0 Å². The SMILES string of the molecule is CN(C1(C(=O)O)CCCC1)S(=O)(=O)Cc1ccc(Cl)cc1. The Hall–Kier alpha value is -1.11. The van der Waals surface area contributed by atoms with E-state index in [1.54, 1.807) is 24.3 Å². The summed E-state index contributed by atoms with van der Waals surface area (Å²) in [5, 5.41) is 10.0. The van der Waals surface area contributed by atoms with E-state index in [1.807, 2.05) is 0 Å². The van der Waals surface area contributed by atoms with E-state index in [9.17, 15) is 18.3 Å². The molecule has 5 nitrogen and oxygen atoms in total. The average molecular weight is 332 g/mol. The van der Waals surface area contributed by atoms with Gasteiger partial charge in [-0.05, 0) is 30.5 Å². The van der Waals surface area contributed by atoms with Gasteiger partial charge >= 0.3 is 5.97 Å². The monoisotopic (exact) mass is 331 g/mol. The molecular formula is C14H18ClNO4S. The Balaban J connectivity index is 2.25. The highest BCUT2D eigenvalue weighted by molar-refractivity contribution is 7.88. The molecule has 0 amide bonds. The minimum absolute atomic E-state index is 0.226. The van der Waals surface area contributed by atoms with Crippen LogP contribution in [0.4, 0.5) is 0 Å². The van der Waals surface area contributed by atoms with Gasteiger partial charge in [-0.3, -0.25) is 4.79 Å². The van der Waals surface area contributed by atoms with Crippen molar-refractivity contribution in [2.24, 2.45) is 0 Å². The fourth-order valence-corrected chi connectivity index (χ4v) is 4.50. The van der Waals surface area contributed by atoms with Crippen LogP contribution in [-0.4, -0.2) is 36.4 Å². The van der Waals surface area contributed by atoms with E-state index in [0.29, 0.717) is 23.4 Å². The smallest absolute Gasteiger partial charge is 0.325 e. The zero-order chi connectivity index (χ0) is 15.7. The van der Waals surface area contributed by atoms with Crippen molar-refractivity contribution in [1.82, 2.24) is 4.31 Å². The molecule has 21 heavy (non-hydrogen) atoms. The summed E-state index contributed by atoms with van der Waals surface area (Å²) in [4.78, 5) is 11.6. The van der Waals surface area contributed by atoms with Crippen molar-refractivity contribution in [3.8, 4) is 0 Å². The number of carboxylic acid groups (broad SMARTS) is 1. The Morgan fingerprint density at radius 1 is 1.29 bits per heavy atom. The second-order valence-electron chi connectivity index (χ2n) is 5.39. The highest BCUT2D eigenvalue weighted by Crippen LogP contribution is 2.37. The number of nitrogens with zero attached hydrogens (tertiary/aromatic N) is 1. The van der Waals surface area contributed by atoms with Gasteiger partial charge in [-0.25, -0.2) is 8.42 Å².